The van der Waals surface area contributed by atoms with E-state index in [0.717, 1.165) is 5.75 Å². The third-order valence-corrected chi connectivity index (χ3v) is 3.85. The number of hydrogen-bond acceptors (Lipinski definition) is 4. The second kappa shape index (κ2) is 7.23. The quantitative estimate of drug-likeness (QED) is 0.553. The van der Waals surface area contributed by atoms with Crippen LogP contribution in [0.1, 0.15) is 19.8 Å². The highest BCUT2D eigenvalue weighted by atomic mass is 32.2. The standard InChI is InChI=1S/C12H20N2O3S/c1-2-10-18(15,16)14-8-3-9-17-12-6-4-11(13)5-7-12/h4-7,14H,2-3,8-10,13H2,1H3. The van der Waals surface area contributed by atoms with E-state index in [0.29, 0.717) is 31.7 Å². The maximum Gasteiger partial charge on any atom is 0.211 e. The molecule has 0 amide bonds. The first kappa shape index (κ1) is 14.8. The minimum atomic E-state index is -3.10. The smallest absolute Gasteiger partial charge is 0.211 e. The first-order valence-electron chi connectivity index (χ1n) is 5.99. The molecule has 6 heteroatoms. The van der Waals surface area contributed by atoms with Gasteiger partial charge in [0.15, 0.2) is 0 Å². The zero-order valence-electron chi connectivity index (χ0n) is 10.6. The summed E-state index contributed by atoms with van der Waals surface area (Å²) in [6.07, 6.45) is 1.25. The lowest BCUT2D eigenvalue weighted by Crippen LogP contribution is -2.27. The number of nitrogens with two attached hydrogens (primary N) is 1. The van der Waals surface area contributed by atoms with Crippen LogP contribution in [-0.4, -0.2) is 27.3 Å². The Hall–Kier alpha value is -1.27. The van der Waals surface area contributed by atoms with Crippen molar-refractivity contribution in [3.63, 3.8) is 0 Å². The van der Waals surface area contributed by atoms with Gasteiger partial charge in [0.2, 0.25) is 10.0 Å². The molecule has 0 aliphatic carbocycles. The van der Waals surface area contributed by atoms with Crippen LogP contribution in [0.25, 0.3) is 0 Å². The normalized spacial score (nSPS) is 11.4. The van der Waals surface area contributed by atoms with Crippen molar-refractivity contribution in [2.45, 2.75) is 19.8 Å². The molecule has 0 radical (unpaired) electrons. The largest absolute Gasteiger partial charge is 0.494 e. The van der Waals surface area contributed by atoms with Crippen molar-refractivity contribution < 1.29 is 13.2 Å². The molecular weight excluding hydrogens is 252 g/mol. The van der Waals surface area contributed by atoms with E-state index in [2.05, 4.69) is 4.72 Å². The Morgan fingerprint density at radius 1 is 1.28 bits per heavy atom. The molecule has 3 N–H and O–H groups in total. The molecule has 0 spiro atoms. The summed E-state index contributed by atoms with van der Waals surface area (Å²) in [4.78, 5) is 0. The van der Waals surface area contributed by atoms with Crippen molar-refractivity contribution in [3.8, 4) is 5.75 Å². The van der Waals surface area contributed by atoms with Crippen molar-refractivity contribution >= 4 is 15.7 Å². The van der Waals surface area contributed by atoms with Gasteiger partial charge in [-0.05, 0) is 37.1 Å². The molecule has 18 heavy (non-hydrogen) atoms. The Bertz CT molecular complexity index is 443. The Morgan fingerprint density at radius 3 is 2.56 bits per heavy atom. The number of benzene rings is 1. The highest BCUT2D eigenvalue weighted by Gasteiger charge is 2.06. The van der Waals surface area contributed by atoms with E-state index >= 15 is 0 Å². The van der Waals surface area contributed by atoms with Crippen molar-refractivity contribution in [2.24, 2.45) is 0 Å². The molecule has 0 heterocycles. The number of sulfonamides is 1. The highest BCUT2D eigenvalue weighted by molar-refractivity contribution is 7.89. The Labute approximate surface area is 108 Å². The lowest BCUT2D eigenvalue weighted by Gasteiger charge is -2.07. The van der Waals surface area contributed by atoms with Gasteiger partial charge in [0, 0.05) is 12.2 Å². The SMILES string of the molecule is CCCS(=O)(=O)NCCCOc1ccc(N)cc1. The summed E-state index contributed by atoms with van der Waals surface area (Å²) < 4.78 is 30.6. The zero-order valence-corrected chi connectivity index (χ0v) is 11.4. The van der Waals surface area contributed by atoms with Gasteiger partial charge in [0.25, 0.3) is 0 Å². The number of nitrogens with one attached hydrogen (secondary N) is 1. The summed E-state index contributed by atoms with van der Waals surface area (Å²) in [6.45, 7) is 2.71. The van der Waals surface area contributed by atoms with E-state index in [1.54, 1.807) is 24.3 Å². The molecule has 0 atom stereocenters. The van der Waals surface area contributed by atoms with E-state index in [-0.39, 0.29) is 5.75 Å². The zero-order chi connectivity index (χ0) is 13.4. The second-order valence-electron chi connectivity index (χ2n) is 3.98. The van der Waals surface area contributed by atoms with E-state index < -0.39 is 10.0 Å². The Balaban J connectivity index is 2.18. The van der Waals surface area contributed by atoms with Crippen molar-refractivity contribution in [2.75, 3.05) is 24.6 Å². The predicted octanol–water partition coefficient (Wildman–Crippen LogP) is 1.37. The van der Waals surface area contributed by atoms with Crippen molar-refractivity contribution in [1.29, 1.82) is 0 Å². The maximum absolute atomic E-state index is 11.3. The van der Waals surface area contributed by atoms with E-state index in [1.165, 1.54) is 0 Å². The average Bonchev–Trinajstić information content (AvgIpc) is 2.31. The number of nitrogen functional groups attached to an aromatic ring is 1. The Morgan fingerprint density at radius 2 is 1.94 bits per heavy atom. The van der Waals surface area contributed by atoms with Gasteiger partial charge in [0.1, 0.15) is 5.75 Å². The van der Waals surface area contributed by atoms with Gasteiger partial charge in [-0.25, -0.2) is 13.1 Å². The van der Waals surface area contributed by atoms with E-state index in [1.807, 2.05) is 6.92 Å². The molecule has 0 unspecified atom stereocenters. The van der Waals surface area contributed by atoms with Gasteiger partial charge in [-0.2, -0.15) is 0 Å². The topological polar surface area (TPSA) is 81.4 Å². The lowest BCUT2D eigenvalue weighted by atomic mass is 10.3. The molecule has 0 bridgehead atoms. The molecule has 0 aromatic heterocycles. The number of hydrogen-bond donors (Lipinski definition) is 2. The molecule has 0 saturated heterocycles. The van der Waals surface area contributed by atoms with Crippen LogP contribution in [-0.2, 0) is 10.0 Å². The number of ether oxygens (including phenoxy) is 1. The fourth-order valence-corrected chi connectivity index (χ4v) is 2.53. The monoisotopic (exact) mass is 272 g/mol. The second-order valence-corrected chi connectivity index (χ2v) is 5.91. The van der Waals surface area contributed by atoms with Crippen LogP contribution >= 0.6 is 0 Å². The minimum Gasteiger partial charge on any atom is -0.494 e. The molecule has 102 valence electrons. The first-order chi connectivity index (χ1) is 8.53. The summed E-state index contributed by atoms with van der Waals surface area (Å²) in [6, 6.07) is 7.10. The Kier molecular flexibility index (Phi) is 5.94. The molecule has 1 rings (SSSR count). The van der Waals surface area contributed by atoms with Gasteiger partial charge in [-0.1, -0.05) is 6.92 Å². The molecule has 1 aromatic rings. The van der Waals surface area contributed by atoms with Crippen LogP contribution in [0.15, 0.2) is 24.3 Å². The van der Waals surface area contributed by atoms with Gasteiger partial charge >= 0.3 is 0 Å². The van der Waals surface area contributed by atoms with Crippen LogP contribution in [0, 0.1) is 0 Å². The van der Waals surface area contributed by atoms with Gasteiger partial charge in [-0.15, -0.1) is 0 Å². The third-order valence-electron chi connectivity index (χ3n) is 2.26. The molecule has 0 aliphatic rings. The van der Waals surface area contributed by atoms with Crippen LogP contribution < -0.4 is 15.2 Å². The molecule has 0 aliphatic heterocycles. The number of rotatable bonds is 8. The minimum absolute atomic E-state index is 0.172. The van der Waals surface area contributed by atoms with Crippen molar-refractivity contribution in [1.82, 2.24) is 4.72 Å². The molecule has 5 nitrogen and oxygen atoms in total. The highest BCUT2D eigenvalue weighted by Crippen LogP contribution is 2.12. The van der Waals surface area contributed by atoms with E-state index in [9.17, 15) is 8.42 Å². The van der Waals surface area contributed by atoms with Crippen LogP contribution in [0.4, 0.5) is 5.69 Å². The maximum atomic E-state index is 11.3. The average molecular weight is 272 g/mol. The number of anilines is 1. The van der Waals surface area contributed by atoms with Gasteiger partial charge < -0.3 is 10.5 Å². The lowest BCUT2D eigenvalue weighted by molar-refractivity contribution is 0.311. The van der Waals surface area contributed by atoms with Gasteiger partial charge in [0.05, 0.1) is 12.4 Å². The van der Waals surface area contributed by atoms with Crippen LogP contribution in [0.2, 0.25) is 0 Å². The molecule has 0 fully saturated rings. The molecule has 0 saturated carbocycles. The van der Waals surface area contributed by atoms with Gasteiger partial charge in [-0.3, -0.25) is 0 Å². The summed E-state index contributed by atoms with van der Waals surface area (Å²) in [5.41, 5.74) is 6.24. The first-order valence-corrected chi connectivity index (χ1v) is 7.64. The predicted molar refractivity (Wildman–Crippen MR) is 73.0 cm³/mol. The summed E-state index contributed by atoms with van der Waals surface area (Å²) >= 11 is 0. The van der Waals surface area contributed by atoms with Crippen LogP contribution in [0.5, 0.6) is 5.75 Å². The third kappa shape index (κ3) is 5.88. The summed E-state index contributed by atoms with van der Waals surface area (Å²) in [5.74, 6) is 0.909. The molecule has 1 aromatic carbocycles. The van der Waals surface area contributed by atoms with E-state index in [4.69, 9.17) is 10.5 Å². The molecular formula is C12H20N2O3S. The van der Waals surface area contributed by atoms with Crippen molar-refractivity contribution in [3.05, 3.63) is 24.3 Å². The fourth-order valence-electron chi connectivity index (χ4n) is 1.39. The summed E-state index contributed by atoms with van der Waals surface area (Å²) in [5, 5.41) is 0. The fraction of sp³-hybridized carbons (Fsp3) is 0.500. The summed E-state index contributed by atoms with van der Waals surface area (Å²) in [7, 11) is -3.10. The van der Waals surface area contributed by atoms with Crippen LogP contribution in [0.3, 0.4) is 0 Å².